The van der Waals surface area contributed by atoms with E-state index < -0.39 is 0 Å². The van der Waals surface area contributed by atoms with Crippen molar-refractivity contribution in [3.05, 3.63) is 30.2 Å². The predicted octanol–water partition coefficient (Wildman–Crippen LogP) is 0.680. The zero-order valence-corrected chi connectivity index (χ0v) is 11.4. The van der Waals surface area contributed by atoms with Crippen LogP contribution in [0.15, 0.2) is 23.0 Å². The Hall–Kier alpha value is -2.22. The van der Waals surface area contributed by atoms with Gasteiger partial charge in [0.2, 0.25) is 11.8 Å². The molecule has 1 amide bonds. The molecule has 8 heteroatoms. The van der Waals surface area contributed by atoms with Gasteiger partial charge in [-0.25, -0.2) is 0 Å². The topological polar surface area (TPSA) is 95.1 Å². The van der Waals surface area contributed by atoms with Gasteiger partial charge in [-0.05, 0) is 13.0 Å². The van der Waals surface area contributed by atoms with E-state index >= 15 is 0 Å². The van der Waals surface area contributed by atoms with Crippen LogP contribution in [-0.4, -0.2) is 32.9 Å². The lowest BCUT2D eigenvalue weighted by atomic mass is 10.2. The van der Waals surface area contributed by atoms with Crippen LogP contribution < -0.4 is 5.32 Å². The third-order valence-electron chi connectivity index (χ3n) is 2.68. The van der Waals surface area contributed by atoms with Crippen LogP contribution in [0.25, 0.3) is 0 Å². The van der Waals surface area contributed by atoms with Crippen LogP contribution >= 0.6 is 0 Å². The molecule has 0 saturated heterocycles. The number of hydrogen-bond acceptors (Lipinski definition) is 6. The Labute approximate surface area is 116 Å². The Balaban J connectivity index is 1.77. The van der Waals surface area contributed by atoms with Gasteiger partial charge in [0.05, 0.1) is 12.6 Å². The number of nitrogens with one attached hydrogen (secondary N) is 1. The lowest BCUT2D eigenvalue weighted by molar-refractivity contribution is -0.122. The highest BCUT2D eigenvalue weighted by Crippen LogP contribution is 2.08. The van der Waals surface area contributed by atoms with Gasteiger partial charge in [0, 0.05) is 25.9 Å². The van der Waals surface area contributed by atoms with Crippen LogP contribution in [0.3, 0.4) is 0 Å². The van der Waals surface area contributed by atoms with Gasteiger partial charge in [-0.2, -0.15) is 10.1 Å². The number of methoxy groups -OCH3 is 1. The lowest BCUT2D eigenvalue weighted by Crippen LogP contribution is -2.25. The van der Waals surface area contributed by atoms with E-state index in [1.165, 1.54) is 0 Å². The SMILES string of the molecule is COCc1noc(CNC(=O)CC(C)n2cccn2)n1. The van der Waals surface area contributed by atoms with Crippen molar-refractivity contribution in [2.45, 2.75) is 32.5 Å². The average Bonchev–Trinajstić information content (AvgIpc) is 3.08. The molecule has 0 bridgehead atoms. The standard InChI is InChI=1S/C12H17N5O3/c1-9(17-5-3-4-14-17)6-11(18)13-7-12-15-10(8-19-2)16-20-12/h3-5,9H,6-8H2,1-2H3,(H,13,18). The van der Waals surface area contributed by atoms with Gasteiger partial charge in [0.1, 0.15) is 6.61 Å². The fraction of sp³-hybridized carbons (Fsp3) is 0.500. The first-order chi connectivity index (χ1) is 9.69. The molecule has 2 rings (SSSR count). The number of hydrogen-bond donors (Lipinski definition) is 1. The van der Waals surface area contributed by atoms with Gasteiger partial charge in [-0.1, -0.05) is 5.16 Å². The highest BCUT2D eigenvalue weighted by molar-refractivity contribution is 5.76. The molecular weight excluding hydrogens is 262 g/mol. The first-order valence-corrected chi connectivity index (χ1v) is 6.25. The molecule has 0 fully saturated rings. The van der Waals surface area contributed by atoms with E-state index in [1.54, 1.807) is 18.0 Å². The van der Waals surface area contributed by atoms with E-state index in [4.69, 9.17) is 9.26 Å². The van der Waals surface area contributed by atoms with Crippen molar-refractivity contribution in [3.63, 3.8) is 0 Å². The highest BCUT2D eigenvalue weighted by Gasteiger charge is 2.12. The molecule has 0 aliphatic heterocycles. The molecule has 2 aromatic heterocycles. The lowest BCUT2D eigenvalue weighted by Gasteiger charge is -2.11. The Morgan fingerprint density at radius 2 is 2.45 bits per heavy atom. The molecule has 0 spiro atoms. The fourth-order valence-corrected chi connectivity index (χ4v) is 1.70. The molecule has 2 heterocycles. The van der Waals surface area contributed by atoms with Crippen LogP contribution in [0.2, 0.25) is 0 Å². The molecule has 108 valence electrons. The van der Waals surface area contributed by atoms with Crippen molar-refractivity contribution >= 4 is 5.91 Å². The van der Waals surface area contributed by atoms with Gasteiger partial charge in [0.25, 0.3) is 0 Å². The summed E-state index contributed by atoms with van der Waals surface area (Å²) in [7, 11) is 1.55. The third-order valence-corrected chi connectivity index (χ3v) is 2.68. The van der Waals surface area contributed by atoms with Gasteiger partial charge in [0.15, 0.2) is 5.82 Å². The maximum atomic E-state index is 11.8. The summed E-state index contributed by atoms with van der Waals surface area (Å²) in [5.74, 6) is 0.721. The van der Waals surface area contributed by atoms with E-state index in [-0.39, 0.29) is 25.1 Å². The largest absolute Gasteiger partial charge is 0.377 e. The van der Waals surface area contributed by atoms with Gasteiger partial charge < -0.3 is 14.6 Å². The van der Waals surface area contributed by atoms with E-state index in [9.17, 15) is 4.79 Å². The molecule has 8 nitrogen and oxygen atoms in total. The average molecular weight is 279 g/mol. The highest BCUT2D eigenvalue weighted by atomic mass is 16.5. The van der Waals surface area contributed by atoms with Crippen molar-refractivity contribution in [1.82, 2.24) is 25.2 Å². The monoisotopic (exact) mass is 279 g/mol. The van der Waals surface area contributed by atoms with Crippen LogP contribution in [0.5, 0.6) is 0 Å². The Kier molecular flexibility index (Phi) is 4.83. The van der Waals surface area contributed by atoms with Crippen molar-refractivity contribution in [2.75, 3.05) is 7.11 Å². The van der Waals surface area contributed by atoms with Crippen molar-refractivity contribution < 1.29 is 14.1 Å². The number of carbonyl (C=O) groups excluding carboxylic acids is 1. The first-order valence-electron chi connectivity index (χ1n) is 6.25. The Bertz CT molecular complexity index is 537. The Morgan fingerprint density at radius 1 is 1.60 bits per heavy atom. The van der Waals surface area contributed by atoms with Gasteiger partial charge >= 0.3 is 0 Å². The summed E-state index contributed by atoms with van der Waals surface area (Å²) in [6.45, 7) is 2.42. The summed E-state index contributed by atoms with van der Waals surface area (Å²) >= 11 is 0. The molecule has 0 aliphatic rings. The van der Waals surface area contributed by atoms with Crippen LogP contribution in [0.4, 0.5) is 0 Å². The zero-order valence-electron chi connectivity index (χ0n) is 11.4. The quantitative estimate of drug-likeness (QED) is 0.800. The predicted molar refractivity (Wildman–Crippen MR) is 68.4 cm³/mol. The van der Waals surface area contributed by atoms with Crippen LogP contribution in [-0.2, 0) is 22.7 Å². The molecule has 1 atom stereocenters. The van der Waals surface area contributed by atoms with Crippen LogP contribution in [0.1, 0.15) is 31.1 Å². The molecule has 0 saturated carbocycles. The second-order valence-corrected chi connectivity index (χ2v) is 4.35. The van der Waals surface area contributed by atoms with E-state index in [1.807, 2.05) is 19.2 Å². The first kappa shape index (κ1) is 14.2. The minimum atomic E-state index is -0.0977. The van der Waals surface area contributed by atoms with E-state index in [2.05, 4.69) is 20.6 Å². The number of aromatic nitrogens is 4. The zero-order chi connectivity index (χ0) is 14.4. The summed E-state index contributed by atoms with van der Waals surface area (Å²) in [5, 5.41) is 10.5. The fourth-order valence-electron chi connectivity index (χ4n) is 1.70. The summed E-state index contributed by atoms with van der Waals surface area (Å²) in [6.07, 6.45) is 3.85. The van der Waals surface area contributed by atoms with Crippen molar-refractivity contribution in [1.29, 1.82) is 0 Å². The molecule has 0 aliphatic carbocycles. The maximum Gasteiger partial charge on any atom is 0.246 e. The van der Waals surface area contributed by atoms with E-state index in [0.29, 0.717) is 18.1 Å². The molecular formula is C12H17N5O3. The molecule has 1 unspecified atom stereocenters. The molecule has 2 aromatic rings. The number of carbonyl (C=O) groups is 1. The second-order valence-electron chi connectivity index (χ2n) is 4.35. The summed E-state index contributed by atoms with van der Waals surface area (Å²) in [6, 6.07) is 1.82. The smallest absolute Gasteiger partial charge is 0.246 e. The third kappa shape index (κ3) is 3.89. The summed E-state index contributed by atoms with van der Waals surface area (Å²) in [5.41, 5.74) is 0. The van der Waals surface area contributed by atoms with Crippen LogP contribution in [0, 0.1) is 0 Å². The van der Waals surface area contributed by atoms with Gasteiger partial charge in [-0.3, -0.25) is 9.48 Å². The number of nitrogens with zero attached hydrogens (tertiary/aromatic N) is 4. The number of rotatable bonds is 7. The normalized spacial score (nSPS) is 12.3. The molecule has 0 radical (unpaired) electrons. The molecule has 20 heavy (non-hydrogen) atoms. The van der Waals surface area contributed by atoms with Gasteiger partial charge in [-0.15, -0.1) is 0 Å². The summed E-state index contributed by atoms with van der Waals surface area (Å²) in [4.78, 5) is 15.9. The summed E-state index contributed by atoms with van der Waals surface area (Å²) < 4.78 is 11.6. The minimum Gasteiger partial charge on any atom is -0.377 e. The van der Waals surface area contributed by atoms with Crippen molar-refractivity contribution in [2.24, 2.45) is 0 Å². The van der Waals surface area contributed by atoms with Crippen molar-refractivity contribution in [3.8, 4) is 0 Å². The van der Waals surface area contributed by atoms with E-state index in [0.717, 1.165) is 0 Å². The second kappa shape index (κ2) is 6.80. The molecule has 1 N–H and O–H groups in total. The minimum absolute atomic E-state index is 0.00302. The Morgan fingerprint density at radius 3 is 3.15 bits per heavy atom. The maximum absolute atomic E-state index is 11.8. The molecule has 0 aromatic carbocycles. The number of amides is 1. The number of ether oxygens (including phenoxy) is 1.